The van der Waals surface area contributed by atoms with Gasteiger partial charge in [0, 0.05) is 31.0 Å². The van der Waals surface area contributed by atoms with Crippen LogP contribution in [0, 0.1) is 0 Å². The predicted molar refractivity (Wildman–Crippen MR) is 120 cm³/mol. The van der Waals surface area contributed by atoms with Crippen LogP contribution in [0.1, 0.15) is 32.7 Å². The number of phenols is 1. The third-order valence-corrected chi connectivity index (χ3v) is 5.75. The van der Waals surface area contributed by atoms with E-state index in [1.54, 1.807) is 17.0 Å². The Labute approximate surface area is 184 Å². The van der Waals surface area contributed by atoms with Crippen molar-refractivity contribution < 1.29 is 19.7 Å². The van der Waals surface area contributed by atoms with E-state index in [9.17, 15) is 9.90 Å². The minimum atomic E-state index is -0.231. The Morgan fingerprint density at radius 2 is 1.88 bits per heavy atom. The van der Waals surface area contributed by atoms with Gasteiger partial charge in [-0.25, -0.2) is 0 Å². The number of aliphatic hydroxyl groups excluding tert-OH is 1. The molecule has 0 radical (unpaired) electrons. The SMILES string of the molecule is O=C(c1cc2c(Cc3ccccc3)n[nH]c2cc1O)N1Cc2ccc(OCCO)cc2C1. The number of hydrogen-bond acceptors (Lipinski definition) is 5. The fourth-order valence-corrected chi connectivity index (χ4v) is 4.14. The van der Waals surface area contributed by atoms with Gasteiger partial charge >= 0.3 is 0 Å². The summed E-state index contributed by atoms with van der Waals surface area (Å²) in [5, 5.41) is 27.7. The second-order valence-electron chi connectivity index (χ2n) is 7.91. The molecule has 5 rings (SSSR count). The molecule has 1 aliphatic rings. The van der Waals surface area contributed by atoms with E-state index in [4.69, 9.17) is 9.84 Å². The molecule has 0 saturated heterocycles. The molecule has 0 fully saturated rings. The Balaban J connectivity index is 1.40. The third kappa shape index (κ3) is 3.78. The molecule has 0 aliphatic carbocycles. The number of carbonyl (C=O) groups is 1. The number of carbonyl (C=O) groups excluding carboxylic acids is 1. The van der Waals surface area contributed by atoms with Crippen LogP contribution in [0.2, 0.25) is 0 Å². The Morgan fingerprint density at radius 3 is 2.69 bits per heavy atom. The number of aromatic amines is 1. The van der Waals surface area contributed by atoms with Gasteiger partial charge in [-0.15, -0.1) is 0 Å². The first kappa shape index (κ1) is 20.1. The van der Waals surface area contributed by atoms with Crippen molar-refractivity contribution in [1.82, 2.24) is 15.1 Å². The number of fused-ring (bicyclic) bond motifs is 2. The van der Waals surface area contributed by atoms with Gasteiger partial charge < -0.3 is 19.8 Å². The lowest BCUT2D eigenvalue weighted by atomic mass is 10.0. The fourth-order valence-electron chi connectivity index (χ4n) is 4.14. The van der Waals surface area contributed by atoms with Crippen LogP contribution in [-0.4, -0.2) is 44.4 Å². The first-order chi connectivity index (χ1) is 15.6. The normalized spacial score (nSPS) is 12.8. The van der Waals surface area contributed by atoms with E-state index in [1.165, 1.54) is 0 Å². The van der Waals surface area contributed by atoms with Crippen molar-refractivity contribution in [3.63, 3.8) is 0 Å². The van der Waals surface area contributed by atoms with Gasteiger partial charge in [-0.05, 0) is 34.9 Å². The number of nitrogens with one attached hydrogen (secondary N) is 1. The molecule has 0 bridgehead atoms. The Hall–Kier alpha value is -3.84. The van der Waals surface area contributed by atoms with Crippen molar-refractivity contribution in [3.05, 3.63) is 88.6 Å². The van der Waals surface area contributed by atoms with Crippen LogP contribution in [0.15, 0.2) is 60.7 Å². The minimum Gasteiger partial charge on any atom is -0.507 e. The standard InChI is InChI=1S/C25H23N3O4/c29-8-9-32-19-7-6-17-14-28(15-18(17)11-19)25(31)21-12-20-22(10-16-4-2-1-3-5-16)26-27-23(20)13-24(21)30/h1-7,11-13,29-30H,8-10,14-15H2,(H,26,27). The largest absolute Gasteiger partial charge is 0.507 e. The summed E-state index contributed by atoms with van der Waals surface area (Å²) in [6.45, 7) is 1.08. The number of rotatable bonds is 6. The Kier molecular flexibility index (Phi) is 5.25. The number of nitrogens with zero attached hydrogens (tertiary/aromatic N) is 2. The molecule has 0 atom stereocenters. The molecule has 2 heterocycles. The van der Waals surface area contributed by atoms with E-state index in [-0.39, 0.29) is 30.4 Å². The number of H-pyrrole nitrogens is 1. The molecular weight excluding hydrogens is 406 g/mol. The lowest BCUT2D eigenvalue weighted by molar-refractivity contribution is 0.0748. The molecule has 7 nitrogen and oxygen atoms in total. The van der Waals surface area contributed by atoms with Crippen LogP contribution in [0.5, 0.6) is 11.5 Å². The highest BCUT2D eigenvalue weighted by molar-refractivity contribution is 6.01. The summed E-state index contributed by atoms with van der Waals surface area (Å²) in [6.07, 6.45) is 0.630. The van der Waals surface area contributed by atoms with Crippen LogP contribution in [-0.2, 0) is 19.5 Å². The van der Waals surface area contributed by atoms with Crippen LogP contribution >= 0.6 is 0 Å². The third-order valence-electron chi connectivity index (χ3n) is 5.75. The van der Waals surface area contributed by atoms with Crippen LogP contribution < -0.4 is 4.74 Å². The molecule has 7 heteroatoms. The van der Waals surface area contributed by atoms with Gasteiger partial charge in [0.15, 0.2) is 0 Å². The summed E-state index contributed by atoms with van der Waals surface area (Å²) in [7, 11) is 0. The highest BCUT2D eigenvalue weighted by Gasteiger charge is 2.27. The smallest absolute Gasteiger partial charge is 0.258 e. The first-order valence-corrected chi connectivity index (χ1v) is 10.5. The molecule has 4 aromatic rings. The first-order valence-electron chi connectivity index (χ1n) is 10.5. The van der Waals surface area contributed by atoms with Crippen molar-refractivity contribution in [1.29, 1.82) is 0 Å². The highest BCUT2D eigenvalue weighted by Crippen LogP contribution is 2.32. The predicted octanol–water partition coefficient (Wildman–Crippen LogP) is 3.39. The monoisotopic (exact) mass is 429 g/mol. The molecule has 0 spiro atoms. The number of ether oxygens (including phenoxy) is 1. The number of benzene rings is 3. The van der Waals surface area contributed by atoms with Crippen molar-refractivity contribution in [3.8, 4) is 11.5 Å². The van der Waals surface area contributed by atoms with Crippen molar-refractivity contribution in [2.24, 2.45) is 0 Å². The number of amides is 1. The molecule has 3 N–H and O–H groups in total. The zero-order chi connectivity index (χ0) is 22.1. The number of hydrogen-bond donors (Lipinski definition) is 3. The quantitative estimate of drug-likeness (QED) is 0.436. The van der Waals surface area contributed by atoms with E-state index in [1.807, 2.05) is 48.5 Å². The highest BCUT2D eigenvalue weighted by atomic mass is 16.5. The number of aromatic nitrogens is 2. The van der Waals surface area contributed by atoms with Gasteiger partial charge in [-0.3, -0.25) is 9.89 Å². The van der Waals surface area contributed by atoms with Gasteiger partial charge in [0.2, 0.25) is 0 Å². The van der Waals surface area contributed by atoms with Crippen molar-refractivity contribution >= 4 is 16.8 Å². The summed E-state index contributed by atoms with van der Waals surface area (Å²) >= 11 is 0. The van der Waals surface area contributed by atoms with Crippen molar-refractivity contribution in [2.45, 2.75) is 19.5 Å². The molecule has 1 aliphatic heterocycles. The van der Waals surface area contributed by atoms with Crippen molar-refractivity contribution in [2.75, 3.05) is 13.2 Å². The minimum absolute atomic E-state index is 0.0519. The zero-order valence-corrected chi connectivity index (χ0v) is 17.4. The topological polar surface area (TPSA) is 98.7 Å². The van der Waals surface area contributed by atoms with Gasteiger partial charge in [0.1, 0.15) is 18.1 Å². The lowest BCUT2D eigenvalue weighted by Gasteiger charge is -2.16. The molecule has 1 amide bonds. The van der Waals surface area contributed by atoms with Crippen LogP contribution in [0.25, 0.3) is 10.9 Å². The van der Waals surface area contributed by atoms with Crippen LogP contribution in [0.4, 0.5) is 0 Å². The van der Waals surface area contributed by atoms with E-state index < -0.39 is 0 Å². The molecule has 162 valence electrons. The molecule has 1 aromatic heterocycles. The van der Waals surface area contributed by atoms with Gasteiger partial charge in [-0.2, -0.15) is 5.10 Å². The van der Waals surface area contributed by atoms with E-state index in [2.05, 4.69) is 10.2 Å². The maximum Gasteiger partial charge on any atom is 0.258 e. The van der Waals surface area contributed by atoms with Gasteiger partial charge in [0.05, 0.1) is 23.4 Å². The number of aliphatic hydroxyl groups is 1. The molecule has 32 heavy (non-hydrogen) atoms. The second-order valence-corrected chi connectivity index (χ2v) is 7.91. The maximum absolute atomic E-state index is 13.3. The molecule has 0 saturated carbocycles. The average Bonchev–Trinajstić information content (AvgIpc) is 3.41. The van der Waals surface area contributed by atoms with Gasteiger partial charge in [-0.1, -0.05) is 36.4 Å². The summed E-state index contributed by atoms with van der Waals surface area (Å²) in [4.78, 5) is 15.0. The Bertz CT molecular complexity index is 1280. The summed E-state index contributed by atoms with van der Waals surface area (Å²) in [5.74, 6) is 0.367. The average molecular weight is 429 g/mol. The van der Waals surface area contributed by atoms with Gasteiger partial charge in [0.25, 0.3) is 5.91 Å². The van der Waals surface area contributed by atoms with Crippen LogP contribution in [0.3, 0.4) is 0 Å². The zero-order valence-electron chi connectivity index (χ0n) is 17.4. The van der Waals surface area contributed by atoms with E-state index in [0.29, 0.717) is 30.8 Å². The van der Waals surface area contributed by atoms with E-state index >= 15 is 0 Å². The van der Waals surface area contributed by atoms with E-state index in [0.717, 1.165) is 27.8 Å². The summed E-state index contributed by atoms with van der Waals surface area (Å²) in [5.41, 5.74) is 4.95. The number of aromatic hydroxyl groups is 1. The number of phenolic OH excluding ortho intramolecular Hbond substituents is 1. The summed E-state index contributed by atoms with van der Waals surface area (Å²) < 4.78 is 5.48. The second kappa shape index (κ2) is 8.36. The Morgan fingerprint density at radius 1 is 1.06 bits per heavy atom. The fraction of sp³-hybridized carbons (Fsp3) is 0.200. The molecule has 3 aromatic carbocycles. The maximum atomic E-state index is 13.3. The summed E-state index contributed by atoms with van der Waals surface area (Å²) in [6, 6.07) is 19.0. The molecular formula is C25H23N3O4. The molecule has 0 unspecified atom stereocenters. The lowest BCUT2D eigenvalue weighted by Crippen LogP contribution is -2.25.